The standard InChI is InChI=1S/C18H31N3O2/c1-12(2)16-11-15(19-21(16)18(4,5)6)17(23)20-9-7-14(8-10-20)13(3)22/h11-14,22H,7-10H2,1-6H3. The Morgan fingerprint density at radius 2 is 1.83 bits per heavy atom. The molecule has 0 radical (unpaired) electrons. The van der Waals surface area contributed by atoms with Gasteiger partial charge in [0, 0.05) is 18.8 Å². The van der Waals surface area contributed by atoms with Gasteiger partial charge in [-0.3, -0.25) is 9.48 Å². The molecule has 1 atom stereocenters. The second-order valence-corrected chi connectivity index (χ2v) is 8.06. The zero-order chi connectivity index (χ0) is 17.4. The molecule has 1 aromatic rings. The molecule has 0 saturated carbocycles. The Balaban J connectivity index is 2.18. The van der Waals surface area contributed by atoms with E-state index in [2.05, 4.69) is 39.7 Å². The smallest absolute Gasteiger partial charge is 0.274 e. The van der Waals surface area contributed by atoms with Crippen LogP contribution in [0.5, 0.6) is 0 Å². The summed E-state index contributed by atoms with van der Waals surface area (Å²) in [6, 6.07) is 1.94. The Kier molecular flexibility index (Phi) is 5.19. The average molecular weight is 321 g/mol. The zero-order valence-corrected chi connectivity index (χ0v) is 15.3. The summed E-state index contributed by atoms with van der Waals surface area (Å²) in [6.45, 7) is 13.8. The lowest BCUT2D eigenvalue weighted by molar-refractivity contribution is 0.0516. The fourth-order valence-corrected chi connectivity index (χ4v) is 3.20. The Morgan fingerprint density at radius 3 is 2.22 bits per heavy atom. The van der Waals surface area contributed by atoms with Crippen LogP contribution in [0.2, 0.25) is 0 Å². The summed E-state index contributed by atoms with van der Waals surface area (Å²) < 4.78 is 1.98. The van der Waals surface area contributed by atoms with E-state index in [1.54, 1.807) is 0 Å². The first-order valence-corrected chi connectivity index (χ1v) is 8.69. The van der Waals surface area contributed by atoms with E-state index in [0.717, 1.165) is 18.5 Å². The van der Waals surface area contributed by atoms with Crippen LogP contribution in [0.3, 0.4) is 0 Å². The number of nitrogens with zero attached hydrogens (tertiary/aromatic N) is 3. The first-order valence-electron chi connectivity index (χ1n) is 8.69. The van der Waals surface area contributed by atoms with Gasteiger partial charge >= 0.3 is 0 Å². The fourth-order valence-electron chi connectivity index (χ4n) is 3.20. The number of piperidine rings is 1. The molecule has 2 rings (SSSR count). The van der Waals surface area contributed by atoms with Gasteiger partial charge in [-0.25, -0.2) is 0 Å². The second-order valence-electron chi connectivity index (χ2n) is 8.06. The molecule has 0 spiro atoms. The summed E-state index contributed by atoms with van der Waals surface area (Å²) in [5, 5.41) is 14.3. The van der Waals surface area contributed by atoms with Crippen LogP contribution >= 0.6 is 0 Å². The van der Waals surface area contributed by atoms with Crippen LogP contribution in [0, 0.1) is 5.92 Å². The molecule has 2 heterocycles. The van der Waals surface area contributed by atoms with Crippen molar-refractivity contribution in [2.45, 2.75) is 71.9 Å². The van der Waals surface area contributed by atoms with Gasteiger partial charge in [0.05, 0.1) is 11.6 Å². The summed E-state index contributed by atoms with van der Waals surface area (Å²) in [5.74, 6) is 0.639. The lowest BCUT2D eigenvalue weighted by Crippen LogP contribution is -2.41. The normalized spacial score (nSPS) is 18.5. The predicted molar refractivity (Wildman–Crippen MR) is 91.6 cm³/mol. The maximum atomic E-state index is 12.8. The molecular weight excluding hydrogens is 290 g/mol. The minimum absolute atomic E-state index is 0.0129. The van der Waals surface area contributed by atoms with Gasteiger partial charge in [-0.2, -0.15) is 5.10 Å². The summed E-state index contributed by atoms with van der Waals surface area (Å²) in [7, 11) is 0. The maximum absolute atomic E-state index is 12.8. The van der Waals surface area contributed by atoms with E-state index in [4.69, 9.17) is 0 Å². The summed E-state index contributed by atoms with van der Waals surface area (Å²) in [4.78, 5) is 14.7. The van der Waals surface area contributed by atoms with Crippen molar-refractivity contribution >= 4 is 5.91 Å². The lowest BCUT2D eigenvalue weighted by Gasteiger charge is -2.32. The van der Waals surface area contributed by atoms with E-state index in [1.165, 1.54) is 0 Å². The molecule has 1 aromatic heterocycles. The van der Waals surface area contributed by atoms with E-state index in [9.17, 15) is 9.90 Å². The first kappa shape index (κ1) is 18.0. The minimum atomic E-state index is -0.292. The summed E-state index contributed by atoms with van der Waals surface area (Å²) >= 11 is 0. The van der Waals surface area contributed by atoms with Gasteiger partial charge < -0.3 is 10.0 Å². The SMILES string of the molecule is CC(C)c1cc(C(=O)N2CCC(C(C)O)CC2)nn1C(C)(C)C. The largest absolute Gasteiger partial charge is 0.393 e. The third kappa shape index (κ3) is 3.94. The minimum Gasteiger partial charge on any atom is -0.393 e. The molecule has 1 N–H and O–H groups in total. The van der Waals surface area contributed by atoms with Crippen LogP contribution in [0.1, 0.15) is 76.5 Å². The molecule has 0 aliphatic carbocycles. The van der Waals surface area contributed by atoms with Gasteiger partial charge in [-0.15, -0.1) is 0 Å². The number of hydrogen-bond donors (Lipinski definition) is 1. The van der Waals surface area contributed by atoms with Crippen molar-refractivity contribution in [3.63, 3.8) is 0 Å². The molecule has 1 aliphatic rings. The summed E-state index contributed by atoms with van der Waals surface area (Å²) in [5.41, 5.74) is 1.50. The number of rotatable bonds is 3. The van der Waals surface area contributed by atoms with Crippen molar-refractivity contribution in [3.05, 3.63) is 17.5 Å². The number of amides is 1. The topological polar surface area (TPSA) is 58.4 Å². The van der Waals surface area contributed by atoms with Crippen LogP contribution in [-0.2, 0) is 5.54 Å². The molecule has 0 bridgehead atoms. The molecule has 1 saturated heterocycles. The van der Waals surface area contributed by atoms with E-state index >= 15 is 0 Å². The van der Waals surface area contributed by atoms with Crippen LogP contribution in [0.25, 0.3) is 0 Å². The second kappa shape index (κ2) is 6.63. The van der Waals surface area contributed by atoms with E-state index in [0.29, 0.717) is 30.6 Å². The molecule has 1 unspecified atom stereocenters. The number of aromatic nitrogens is 2. The van der Waals surface area contributed by atoms with Crippen molar-refractivity contribution in [1.29, 1.82) is 0 Å². The molecule has 5 heteroatoms. The fraction of sp³-hybridized carbons (Fsp3) is 0.778. The van der Waals surface area contributed by atoms with Gasteiger partial charge in [-0.05, 0) is 58.4 Å². The highest BCUT2D eigenvalue weighted by atomic mass is 16.3. The van der Waals surface area contributed by atoms with Gasteiger partial charge in [-0.1, -0.05) is 13.8 Å². The van der Waals surface area contributed by atoms with Crippen LogP contribution in [-0.4, -0.2) is 44.9 Å². The quantitative estimate of drug-likeness (QED) is 0.931. The first-order chi connectivity index (χ1) is 10.6. The van der Waals surface area contributed by atoms with Crippen molar-refractivity contribution in [1.82, 2.24) is 14.7 Å². The summed E-state index contributed by atoms with van der Waals surface area (Å²) in [6.07, 6.45) is 1.43. The zero-order valence-electron chi connectivity index (χ0n) is 15.3. The third-order valence-electron chi connectivity index (χ3n) is 4.69. The molecule has 23 heavy (non-hydrogen) atoms. The number of hydrogen-bond acceptors (Lipinski definition) is 3. The van der Waals surface area contributed by atoms with Crippen LogP contribution in [0.4, 0.5) is 0 Å². The van der Waals surface area contributed by atoms with Crippen molar-refractivity contribution < 1.29 is 9.90 Å². The number of aliphatic hydroxyl groups is 1. The Bertz CT molecular complexity index is 547. The number of carbonyl (C=O) groups is 1. The highest BCUT2D eigenvalue weighted by Crippen LogP contribution is 2.26. The highest BCUT2D eigenvalue weighted by molar-refractivity contribution is 5.92. The van der Waals surface area contributed by atoms with Crippen molar-refractivity contribution in [3.8, 4) is 0 Å². The monoisotopic (exact) mass is 321 g/mol. The number of carbonyl (C=O) groups excluding carboxylic acids is 1. The molecule has 0 aromatic carbocycles. The van der Waals surface area contributed by atoms with Crippen LogP contribution < -0.4 is 0 Å². The Morgan fingerprint density at radius 1 is 1.26 bits per heavy atom. The third-order valence-corrected chi connectivity index (χ3v) is 4.69. The highest BCUT2D eigenvalue weighted by Gasteiger charge is 2.29. The molecule has 1 fully saturated rings. The maximum Gasteiger partial charge on any atom is 0.274 e. The Hall–Kier alpha value is -1.36. The molecular formula is C18H31N3O2. The van der Waals surface area contributed by atoms with Crippen LogP contribution in [0.15, 0.2) is 6.07 Å². The number of aliphatic hydroxyl groups excluding tert-OH is 1. The molecule has 1 aliphatic heterocycles. The van der Waals surface area contributed by atoms with E-state index in [-0.39, 0.29) is 17.6 Å². The van der Waals surface area contributed by atoms with E-state index in [1.807, 2.05) is 22.6 Å². The van der Waals surface area contributed by atoms with Gasteiger partial charge in [0.15, 0.2) is 5.69 Å². The molecule has 130 valence electrons. The van der Waals surface area contributed by atoms with Gasteiger partial charge in [0.1, 0.15) is 0 Å². The van der Waals surface area contributed by atoms with Crippen molar-refractivity contribution in [2.75, 3.05) is 13.1 Å². The van der Waals surface area contributed by atoms with Crippen molar-refractivity contribution in [2.24, 2.45) is 5.92 Å². The number of likely N-dealkylation sites (tertiary alicyclic amines) is 1. The van der Waals surface area contributed by atoms with Gasteiger partial charge in [0.25, 0.3) is 5.91 Å². The average Bonchev–Trinajstić information content (AvgIpc) is 2.92. The lowest BCUT2D eigenvalue weighted by atomic mass is 9.92. The molecule has 1 amide bonds. The van der Waals surface area contributed by atoms with E-state index < -0.39 is 0 Å². The predicted octanol–water partition coefficient (Wildman–Crippen LogP) is 2.99. The van der Waals surface area contributed by atoms with Gasteiger partial charge in [0.2, 0.25) is 0 Å². The Labute approximate surface area is 139 Å². The molecule has 5 nitrogen and oxygen atoms in total.